The Labute approximate surface area is 119 Å². The largest absolute Gasteiger partial charge is 0.457 e. The maximum Gasteiger partial charge on any atom is 0.318 e. The Bertz CT molecular complexity index is 553. The summed E-state index contributed by atoms with van der Waals surface area (Å²) in [4.78, 5) is 11.1. The van der Waals surface area contributed by atoms with E-state index in [1.807, 2.05) is 24.3 Å². The molecule has 0 saturated heterocycles. The average molecular weight is 321 g/mol. The molecule has 98 valence electrons. The zero-order chi connectivity index (χ0) is 13.7. The zero-order valence-electron chi connectivity index (χ0n) is 10.3. The Morgan fingerprint density at radius 3 is 2.05 bits per heavy atom. The summed E-state index contributed by atoms with van der Waals surface area (Å²) >= 11 is 3.37. The summed E-state index contributed by atoms with van der Waals surface area (Å²) in [6.07, 6.45) is 0. The number of carbonyl (C=O) groups is 1. The third-order valence-electron chi connectivity index (χ3n) is 2.39. The van der Waals surface area contributed by atoms with Crippen LogP contribution in [-0.4, -0.2) is 13.1 Å². The lowest BCUT2D eigenvalue weighted by Crippen LogP contribution is -2.24. The summed E-state index contributed by atoms with van der Waals surface area (Å²) in [6.45, 7) is 0. The van der Waals surface area contributed by atoms with E-state index in [9.17, 15) is 4.79 Å². The fourth-order valence-electron chi connectivity index (χ4n) is 1.44. The van der Waals surface area contributed by atoms with Gasteiger partial charge in [0.15, 0.2) is 0 Å². The molecular formula is C14H13BrN2O2. The maximum absolute atomic E-state index is 11.1. The van der Waals surface area contributed by atoms with E-state index in [-0.39, 0.29) is 6.03 Å². The predicted molar refractivity (Wildman–Crippen MR) is 78.7 cm³/mol. The van der Waals surface area contributed by atoms with Gasteiger partial charge in [0.2, 0.25) is 0 Å². The molecule has 0 aromatic heterocycles. The summed E-state index contributed by atoms with van der Waals surface area (Å²) in [7, 11) is 1.57. The second-order valence-corrected chi connectivity index (χ2v) is 4.70. The lowest BCUT2D eigenvalue weighted by Gasteiger charge is -2.07. The zero-order valence-corrected chi connectivity index (χ0v) is 11.9. The van der Waals surface area contributed by atoms with E-state index in [0.717, 1.165) is 10.2 Å². The van der Waals surface area contributed by atoms with Crippen LogP contribution in [0.25, 0.3) is 0 Å². The molecule has 0 radical (unpaired) electrons. The van der Waals surface area contributed by atoms with Crippen molar-refractivity contribution in [1.82, 2.24) is 5.32 Å². The van der Waals surface area contributed by atoms with Gasteiger partial charge in [-0.3, -0.25) is 0 Å². The SMILES string of the molecule is CNC(=O)Nc1ccc(Oc2ccc(Br)cc2)cc1. The van der Waals surface area contributed by atoms with E-state index in [4.69, 9.17) is 4.74 Å². The Morgan fingerprint density at radius 2 is 1.53 bits per heavy atom. The number of anilines is 1. The van der Waals surface area contributed by atoms with Crippen LogP contribution in [0.15, 0.2) is 53.0 Å². The van der Waals surface area contributed by atoms with Gasteiger partial charge in [0, 0.05) is 17.2 Å². The normalized spacial score (nSPS) is 9.79. The third-order valence-corrected chi connectivity index (χ3v) is 2.92. The quantitative estimate of drug-likeness (QED) is 0.898. The topological polar surface area (TPSA) is 50.4 Å². The first-order chi connectivity index (χ1) is 9.17. The fourth-order valence-corrected chi connectivity index (χ4v) is 1.70. The average Bonchev–Trinajstić information content (AvgIpc) is 2.43. The highest BCUT2D eigenvalue weighted by atomic mass is 79.9. The first-order valence-corrected chi connectivity index (χ1v) is 6.49. The monoisotopic (exact) mass is 320 g/mol. The third kappa shape index (κ3) is 3.99. The Balaban J connectivity index is 2.02. The molecule has 0 bridgehead atoms. The predicted octanol–water partition coefficient (Wildman–Crippen LogP) is 3.99. The number of nitrogens with one attached hydrogen (secondary N) is 2. The number of rotatable bonds is 3. The van der Waals surface area contributed by atoms with Crippen molar-refractivity contribution in [2.45, 2.75) is 0 Å². The molecule has 0 fully saturated rings. The van der Waals surface area contributed by atoms with Crippen molar-refractivity contribution in [2.24, 2.45) is 0 Å². The summed E-state index contributed by atoms with van der Waals surface area (Å²) in [5.74, 6) is 1.47. The first-order valence-electron chi connectivity index (χ1n) is 5.69. The van der Waals surface area contributed by atoms with Crippen molar-refractivity contribution in [1.29, 1.82) is 0 Å². The molecule has 2 rings (SSSR count). The molecule has 0 atom stereocenters. The van der Waals surface area contributed by atoms with Gasteiger partial charge in [-0.25, -0.2) is 4.79 Å². The molecule has 0 aliphatic rings. The van der Waals surface area contributed by atoms with Crippen molar-refractivity contribution < 1.29 is 9.53 Å². The van der Waals surface area contributed by atoms with E-state index in [1.54, 1.807) is 31.3 Å². The van der Waals surface area contributed by atoms with Gasteiger partial charge < -0.3 is 15.4 Å². The second kappa shape index (κ2) is 6.24. The molecule has 2 N–H and O–H groups in total. The van der Waals surface area contributed by atoms with E-state index < -0.39 is 0 Å². The lowest BCUT2D eigenvalue weighted by atomic mass is 10.3. The first kappa shape index (κ1) is 13.4. The Kier molecular flexibility index (Phi) is 4.41. The molecule has 2 amide bonds. The molecule has 0 heterocycles. The Morgan fingerprint density at radius 1 is 1.00 bits per heavy atom. The van der Waals surface area contributed by atoms with Gasteiger partial charge in [-0.2, -0.15) is 0 Å². The van der Waals surface area contributed by atoms with Crippen molar-refractivity contribution in [3.05, 3.63) is 53.0 Å². The van der Waals surface area contributed by atoms with Crippen LogP contribution in [0.5, 0.6) is 11.5 Å². The molecule has 0 aliphatic heterocycles. The summed E-state index contributed by atoms with van der Waals surface area (Å²) < 4.78 is 6.68. The van der Waals surface area contributed by atoms with Crippen LogP contribution in [0.3, 0.4) is 0 Å². The van der Waals surface area contributed by atoms with E-state index in [0.29, 0.717) is 11.4 Å². The van der Waals surface area contributed by atoms with Crippen molar-refractivity contribution >= 4 is 27.6 Å². The van der Waals surface area contributed by atoms with Crippen LogP contribution in [-0.2, 0) is 0 Å². The van der Waals surface area contributed by atoms with Crippen LogP contribution in [0.1, 0.15) is 0 Å². The highest BCUT2D eigenvalue weighted by molar-refractivity contribution is 9.10. The Hall–Kier alpha value is -2.01. The number of halogens is 1. The molecule has 2 aromatic rings. The molecular weight excluding hydrogens is 308 g/mol. The smallest absolute Gasteiger partial charge is 0.318 e. The fraction of sp³-hybridized carbons (Fsp3) is 0.0714. The van der Waals surface area contributed by atoms with Gasteiger partial charge in [-0.05, 0) is 48.5 Å². The number of benzene rings is 2. The van der Waals surface area contributed by atoms with E-state index in [1.165, 1.54) is 0 Å². The van der Waals surface area contributed by atoms with Crippen LogP contribution >= 0.6 is 15.9 Å². The molecule has 0 saturated carbocycles. The van der Waals surface area contributed by atoms with E-state index >= 15 is 0 Å². The molecule has 4 nitrogen and oxygen atoms in total. The minimum atomic E-state index is -0.249. The van der Waals surface area contributed by atoms with Gasteiger partial charge in [0.25, 0.3) is 0 Å². The molecule has 0 spiro atoms. The van der Waals surface area contributed by atoms with Gasteiger partial charge in [-0.15, -0.1) is 0 Å². The summed E-state index contributed by atoms with van der Waals surface area (Å²) in [5.41, 5.74) is 0.711. The summed E-state index contributed by atoms with van der Waals surface area (Å²) in [6, 6.07) is 14.5. The molecule has 0 aliphatic carbocycles. The molecule has 2 aromatic carbocycles. The van der Waals surface area contributed by atoms with Crippen LogP contribution < -0.4 is 15.4 Å². The number of amides is 2. The van der Waals surface area contributed by atoms with Gasteiger partial charge in [-0.1, -0.05) is 15.9 Å². The maximum atomic E-state index is 11.1. The lowest BCUT2D eigenvalue weighted by molar-refractivity contribution is 0.254. The standard InChI is InChI=1S/C14H13BrN2O2/c1-16-14(18)17-11-4-8-13(9-5-11)19-12-6-2-10(15)3-7-12/h2-9H,1H3,(H2,16,17,18). The second-order valence-electron chi connectivity index (χ2n) is 3.78. The minimum Gasteiger partial charge on any atom is -0.457 e. The number of hydrogen-bond donors (Lipinski definition) is 2. The van der Waals surface area contributed by atoms with Crippen LogP contribution in [0.4, 0.5) is 10.5 Å². The number of carbonyl (C=O) groups excluding carboxylic acids is 1. The number of hydrogen-bond acceptors (Lipinski definition) is 2. The molecule has 0 unspecified atom stereocenters. The highest BCUT2D eigenvalue weighted by Crippen LogP contribution is 2.24. The molecule has 19 heavy (non-hydrogen) atoms. The molecule has 5 heteroatoms. The van der Waals surface area contributed by atoms with Gasteiger partial charge in [0.1, 0.15) is 11.5 Å². The number of ether oxygens (including phenoxy) is 1. The van der Waals surface area contributed by atoms with Gasteiger partial charge >= 0.3 is 6.03 Å². The van der Waals surface area contributed by atoms with Crippen molar-refractivity contribution in [3.8, 4) is 11.5 Å². The van der Waals surface area contributed by atoms with Crippen molar-refractivity contribution in [3.63, 3.8) is 0 Å². The summed E-state index contributed by atoms with van der Waals surface area (Å²) in [5, 5.41) is 5.17. The van der Waals surface area contributed by atoms with Crippen molar-refractivity contribution in [2.75, 3.05) is 12.4 Å². The highest BCUT2D eigenvalue weighted by Gasteiger charge is 2.00. The van der Waals surface area contributed by atoms with Gasteiger partial charge in [0.05, 0.1) is 0 Å². The van der Waals surface area contributed by atoms with E-state index in [2.05, 4.69) is 26.6 Å². The van der Waals surface area contributed by atoms with Crippen LogP contribution in [0.2, 0.25) is 0 Å². The van der Waals surface area contributed by atoms with Crippen LogP contribution in [0, 0.1) is 0 Å². The number of urea groups is 1. The minimum absolute atomic E-state index is 0.249.